The van der Waals surface area contributed by atoms with Gasteiger partial charge in [-0.3, -0.25) is 0 Å². The van der Waals surface area contributed by atoms with Gasteiger partial charge in [0.2, 0.25) is 0 Å². The van der Waals surface area contributed by atoms with Gasteiger partial charge in [0.05, 0.1) is 20.6 Å². The number of hydrogen-bond donors (Lipinski definition) is 1. The van der Waals surface area contributed by atoms with Crippen LogP contribution < -0.4 is 0 Å². The van der Waals surface area contributed by atoms with Gasteiger partial charge in [-0.05, 0) is 31.3 Å². The topological polar surface area (TPSA) is 46.5 Å². The van der Waals surface area contributed by atoms with Gasteiger partial charge in [0.1, 0.15) is 6.54 Å². The molecule has 0 amide bonds. The number of quaternary nitrogens is 1. The van der Waals surface area contributed by atoms with Crippen molar-refractivity contribution in [2.24, 2.45) is 5.92 Å². The van der Waals surface area contributed by atoms with Crippen molar-refractivity contribution in [3.8, 4) is 0 Å². The Morgan fingerprint density at radius 2 is 2.04 bits per heavy atom. The molecule has 3 aliphatic rings. The predicted octanol–water partition coefficient (Wildman–Crippen LogP) is 2.58. The van der Waals surface area contributed by atoms with Crippen molar-refractivity contribution in [3.05, 3.63) is 23.8 Å². The maximum atomic E-state index is 13.0. The van der Waals surface area contributed by atoms with Crippen molar-refractivity contribution in [1.29, 1.82) is 0 Å². The van der Waals surface area contributed by atoms with Crippen LogP contribution in [0.1, 0.15) is 44.9 Å². The van der Waals surface area contributed by atoms with Gasteiger partial charge in [-0.25, -0.2) is 4.79 Å². The Hall–Kier alpha value is -1.13. The van der Waals surface area contributed by atoms with Crippen molar-refractivity contribution in [2.75, 3.05) is 27.2 Å². The molecule has 0 aromatic rings. The molecule has 1 saturated heterocycles. The molecule has 1 heterocycles. The first-order valence-electron chi connectivity index (χ1n) is 9.03. The molecule has 2 atom stereocenters. The van der Waals surface area contributed by atoms with Crippen molar-refractivity contribution in [2.45, 2.75) is 56.7 Å². The van der Waals surface area contributed by atoms with Crippen LogP contribution in [0.3, 0.4) is 0 Å². The number of likely N-dealkylation sites (N-methyl/N-ethyl adjacent to an activating group) is 1. The minimum absolute atomic E-state index is 0.0108. The monoisotopic (exact) mass is 320 g/mol. The zero-order valence-corrected chi connectivity index (χ0v) is 14.5. The Morgan fingerprint density at radius 3 is 2.61 bits per heavy atom. The quantitative estimate of drug-likeness (QED) is 0.640. The fraction of sp³-hybridized carbons (Fsp3) is 0.737. The van der Waals surface area contributed by atoms with E-state index in [2.05, 4.69) is 20.2 Å². The van der Waals surface area contributed by atoms with E-state index in [4.69, 9.17) is 4.74 Å². The average molecular weight is 320 g/mol. The molecule has 1 saturated carbocycles. The summed E-state index contributed by atoms with van der Waals surface area (Å²) in [6.45, 7) is 1.86. The SMILES string of the molecule is C[N+]1(C)CCC(OC(=O)[C@](O)(C2=CC=CCC2)C2CCCC2)C1. The zero-order chi connectivity index (χ0) is 16.5. The van der Waals surface area contributed by atoms with Crippen LogP contribution in [0.2, 0.25) is 0 Å². The van der Waals surface area contributed by atoms with E-state index in [1.54, 1.807) is 0 Å². The van der Waals surface area contributed by atoms with E-state index in [1.165, 1.54) is 0 Å². The molecule has 128 valence electrons. The largest absolute Gasteiger partial charge is 0.454 e. The second-order valence-corrected chi connectivity index (χ2v) is 8.06. The van der Waals surface area contributed by atoms with Crippen LogP contribution in [0.15, 0.2) is 23.8 Å². The fourth-order valence-corrected chi connectivity index (χ4v) is 4.39. The number of likely N-dealkylation sites (tertiary alicyclic amines) is 1. The molecule has 1 N–H and O–H groups in total. The fourth-order valence-electron chi connectivity index (χ4n) is 4.39. The Morgan fingerprint density at radius 1 is 1.30 bits per heavy atom. The molecule has 1 aliphatic heterocycles. The number of allylic oxidation sites excluding steroid dienone is 3. The molecule has 4 nitrogen and oxygen atoms in total. The van der Waals surface area contributed by atoms with Crippen LogP contribution in [0.4, 0.5) is 0 Å². The van der Waals surface area contributed by atoms with Gasteiger partial charge in [0.25, 0.3) is 0 Å². The number of hydrogen-bond acceptors (Lipinski definition) is 3. The van der Waals surface area contributed by atoms with Crippen molar-refractivity contribution in [3.63, 3.8) is 0 Å². The van der Waals surface area contributed by atoms with E-state index in [0.717, 1.165) is 68.1 Å². The first kappa shape index (κ1) is 16.7. The average Bonchev–Trinajstić information content (AvgIpc) is 3.17. The van der Waals surface area contributed by atoms with Crippen LogP contribution >= 0.6 is 0 Å². The van der Waals surface area contributed by atoms with Crippen LogP contribution in [-0.4, -0.2) is 54.4 Å². The maximum absolute atomic E-state index is 13.0. The highest BCUT2D eigenvalue weighted by Gasteiger charge is 2.50. The molecule has 0 aromatic heterocycles. The number of carbonyl (C=O) groups is 1. The molecule has 0 aromatic carbocycles. The normalized spacial score (nSPS) is 30.0. The van der Waals surface area contributed by atoms with Gasteiger partial charge < -0.3 is 14.3 Å². The number of nitrogens with zero attached hydrogens (tertiary/aromatic N) is 1. The third-order valence-electron chi connectivity index (χ3n) is 5.79. The summed E-state index contributed by atoms with van der Waals surface area (Å²) in [5.74, 6) is -0.394. The Labute approximate surface area is 139 Å². The lowest BCUT2D eigenvalue weighted by atomic mass is 9.77. The van der Waals surface area contributed by atoms with Crippen LogP contribution in [-0.2, 0) is 9.53 Å². The van der Waals surface area contributed by atoms with Crippen molar-refractivity contribution < 1.29 is 19.1 Å². The third kappa shape index (κ3) is 3.38. The number of rotatable bonds is 4. The van der Waals surface area contributed by atoms with Crippen LogP contribution in [0, 0.1) is 5.92 Å². The lowest BCUT2D eigenvalue weighted by Crippen LogP contribution is -2.50. The smallest absolute Gasteiger partial charge is 0.343 e. The number of carbonyl (C=O) groups excluding carboxylic acids is 1. The summed E-state index contributed by atoms with van der Waals surface area (Å²) >= 11 is 0. The second-order valence-electron chi connectivity index (χ2n) is 8.06. The molecule has 3 rings (SSSR count). The zero-order valence-electron chi connectivity index (χ0n) is 14.5. The van der Waals surface area contributed by atoms with E-state index in [1.807, 2.05) is 12.2 Å². The third-order valence-corrected chi connectivity index (χ3v) is 5.79. The van der Waals surface area contributed by atoms with E-state index in [-0.39, 0.29) is 12.0 Å². The van der Waals surface area contributed by atoms with Gasteiger partial charge in [0, 0.05) is 12.3 Å². The van der Waals surface area contributed by atoms with Crippen LogP contribution in [0.5, 0.6) is 0 Å². The molecular formula is C19H30NO3+. The van der Waals surface area contributed by atoms with Crippen LogP contribution in [0.25, 0.3) is 0 Å². The summed E-state index contributed by atoms with van der Waals surface area (Å²) in [6, 6.07) is 0. The van der Waals surface area contributed by atoms with Crippen molar-refractivity contribution in [1.82, 2.24) is 0 Å². The van der Waals surface area contributed by atoms with E-state index in [0.29, 0.717) is 0 Å². The highest BCUT2D eigenvalue weighted by molar-refractivity contribution is 5.84. The van der Waals surface area contributed by atoms with E-state index < -0.39 is 11.6 Å². The van der Waals surface area contributed by atoms with E-state index in [9.17, 15) is 9.90 Å². The summed E-state index contributed by atoms with van der Waals surface area (Å²) in [4.78, 5) is 13.0. The minimum Gasteiger partial charge on any atom is -0.454 e. The predicted molar refractivity (Wildman–Crippen MR) is 89.7 cm³/mol. The standard InChI is InChI=1S/C19H30NO3/c1-20(2)13-12-17(14-20)23-18(21)19(22,16-10-6-7-11-16)15-8-4-3-5-9-15/h3-4,8,16-17,22H,5-7,9-14H2,1-2H3/q+1/t17?,19-/m0/s1. The molecule has 4 heteroatoms. The summed E-state index contributed by atoms with van der Waals surface area (Å²) in [6.07, 6.45) is 12.5. The highest BCUT2D eigenvalue weighted by atomic mass is 16.6. The molecular weight excluding hydrogens is 290 g/mol. The minimum atomic E-state index is -1.42. The van der Waals surface area contributed by atoms with Gasteiger partial charge in [-0.15, -0.1) is 0 Å². The molecule has 2 fully saturated rings. The summed E-state index contributed by atoms with van der Waals surface area (Å²) in [7, 11) is 4.32. The van der Waals surface area contributed by atoms with Gasteiger partial charge in [-0.1, -0.05) is 31.1 Å². The second kappa shape index (κ2) is 6.40. The first-order valence-corrected chi connectivity index (χ1v) is 9.03. The molecule has 0 spiro atoms. The van der Waals surface area contributed by atoms with Gasteiger partial charge >= 0.3 is 5.97 Å². The van der Waals surface area contributed by atoms with Gasteiger partial charge in [-0.2, -0.15) is 0 Å². The lowest BCUT2D eigenvalue weighted by Gasteiger charge is -2.35. The Balaban J connectivity index is 1.79. The number of ether oxygens (including phenoxy) is 1. The Kier molecular flexibility index (Phi) is 4.65. The highest BCUT2D eigenvalue weighted by Crippen LogP contribution is 2.42. The van der Waals surface area contributed by atoms with Crippen molar-refractivity contribution >= 4 is 5.97 Å². The summed E-state index contributed by atoms with van der Waals surface area (Å²) in [5, 5.41) is 11.4. The maximum Gasteiger partial charge on any atom is 0.343 e. The van der Waals surface area contributed by atoms with Gasteiger partial charge in [0.15, 0.2) is 11.7 Å². The molecule has 0 radical (unpaired) electrons. The molecule has 23 heavy (non-hydrogen) atoms. The van der Waals surface area contributed by atoms with E-state index >= 15 is 0 Å². The summed E-state index contributed by atoms with van der Waals surface area (Å²) < 4.78 is 6.69. The molecule has 0 bridgehead atoms. The first-order chi connectivity index (χ1) is 10.9. The number of aliphatic hydroxyl groups is 1. The summed E-state index contributed by atoms with van der Waals surface area (Å²) in [5.41, 5.74) is -0.565. The lowest BCUT2D eigenvalue weighted by molar-refractivity contribution is -0.879. The number of esters is 1. The molecule has 1 unspecified atom stereocenters. The Bertz CT molecular complexity index is 517. The molecule has 2 aliphatic carbocycles.